The van der Waals surface area contributed by atoms with Crippen molar-refractivity contribution in [2.45, 2.75) is 6.92 Å². The summed E-state index contributed by atoms with van der Waals surface area (Å²) in [5, 5.41) is 10.6. The minimum atomic E-state index is -2.54. The van der Waals surface area contributed by atoms with Crippen LogP contribution in [0.25, 0.3) is 22.2 Å². The van der Waals surface area contributed by atoms with E-state index in [0.29, 0.717) is 11.0 Å². The number of benzene rings is 2. The Morgan fingerprint density at radius 2 is 1.93 bits per heavy atom. The summed E-state index contributed by atoms with van der Waals surface area (Å²) in [5.74, 6) is -2.48. The molecule has 2 heterocycles. The molecular weight excluding hydrogens is 409 g/mol. The second kappa shape index (κ2) is 7.69. The number of phenols is 1. The predicted molar refractivity (Wildman–Crippen MR) is 112 cm³/mol. The first kappa shape index (κ1) is 19.7. The van der Waals surface area contributed by atoms with Gasteiger partial charge in [0.25, 0.3) is 11.3 Å². The molecule has 9 heteroatoms. The van der Waals surface area contributed by atoms with Crippen LogP contribution in [-0.2, 0) is 11.3 Å². The second-order valence-electron chi connectivity index (χ2n) is 6.59. The van der Waals surface area contributed by atoms with Gasteiger partial charge in [-0.15, -0.1) is 0 Å². The monoisotopic (exact) mass is 425 g/mol. The molecule has 0 fully saturated rings. The Bertz CT molecular complexity index is 1300. The summed E-state index contributed by atoms with van der Waals surface area (Å²) in [6.07, 6.45) is 3.10. The number of pyridine rings is 1. The highest BCUT2D eigenvalue weighted by molar-refractivity contribution is 7.80. The molecular formula is C21H16FN3O4S. The molecule has 0 aliphatic heterocycles. The Morgan fingerprint density at radius 3 is 2.63 bits per heavy atom. The van der Waals surface area contributed by atoms with Crippen molar-refractivity contribution in [3.8, 4) is 16.9 Å². The summed E-state index contributed by atoms with van der Waals surface area (Å²) in [5.41, 5.74) is 2.08. The van der Waals surface area contributed by atoms with Crippen molar-refractivity contribution >= 4 is 33.8 Å². The maximum atomic E-state index is 14.9. The third-order valence-corrected chi connectivity index (χ3v) is 5.23. The van der Waals surface area contributed by atoms with E-state index in [0.717, 1.165) is 28.8 Å². The molecule has 0 aliphatic carbocycles. The summed E-state index contributed by atoms with van der Waals surface area (Å²) >= 11 is -2.54. The van der Waals surface area contributed by atoms with Crippen LogP contribution in [0.5, 0.6) is 5.75 Å². The Hall–Kier alpha value is -3.56. The van der Waals surface area contributed by atoms with Gasteiger partial charge in [-0.2, -0.15) is 0 Å². The van der Waals surface area contributed by atoms with Crippen LogP contribution in [0.2, 0.25) is 0 Å². The van der Waals surface area contributed by atoms with Crippen LogP contribution in [0.1, 0.15) is 21.5 Å². The first-order chi connectivity index (χ1) is 14.4. The number of aromatic nitrogens is 2. The van der Waals surface area contributed by atoms with Gasteiger partial charge in [0.1, 0.15) is 17.0 Å². The number of phenolic OH excluding ortho intramolecular Hbond substituents is 1. The lowest BCUT2D eigenvalue weighted by atomic mass is 9.95. The number of aromatic amines is 1. The summed E-state index contributed by atoms with van der Waals surface area (Å²) in [6.45, 7) is 1.83. The van der Waals surface area contributed by atoms with Crippen molar-refractivity contribution in [2.75, 3.05) is 4.72 Å². The van der Waals surface area contributed by atoms with Gasteiger partial charge in [-0.05, 0) is 30.2 Å². The third-order valence-electron chi connectivity index (χ3n) is 4.83. The molecule has 0 radical (unpaired) electrons. The minimum Gasteiger partial charge on any atom is -0.507 e. The number of hydrogen-bond acceptors (Lipinski definition) is 4. The highest BCUT2D eigenvalue weighted by atomic mass is 32.2. The number of H-pyrrole nitrogens is 1. The lowest BCUT2D eigenvalue weighted by Crippen LogP contribution is -2.10. The normalized spacial score (nSPS) is 12.1. The molecule has 0 bridgehead atoms. The Kier molecular flexibility index (Phi) is 5.06. The third kappa shape index (κ3) is 3.34. The number of hydrogen-bond donors (Lipinski definition) is 4. The van der Waals surface area contributed by atoms with Gasteiger partial charge in [0.05, 0.1) is 11.3 Å². The van der Waals surface area contributed by atoms with Crippen LogP contribution in [-0.4, -0.2) is 29.6 Å². The molecule has 152 valence electrons. The molecule has 1 atom stereocenters. The maximum absolute atomic E-state index is 14.9. The molecule has 7 nitrogen and oxygen atoms in total. The van der Waals surface area contributed by atoms with E-state index >= 15 is 0 Å². The number of nitrogens with zero attached hydrogens (tertiary/aromatic N) is 1. The molecule has 4 rings (SSSR count). The number of fused-ring (bicyclic) bond motifs is 1. The van der Waals surface area contributed by atoms with E-state index in [4.69, 9.17) is 4.55 Å². The van der Waals surface area contributed by atoms with Crippen molar-refractivity contribution in [3.05, 3.63) is 77.4 Å². The fourth-order valence-electron chi connectivity index (χ4n) is 3.43. The Morgan fingerprint density at radius 1 is 1.20 bits per heavy atom. The van der Waals surface area contributed by atoms with Crippen LogP contribution in [0.4, 0.5) is 10.1 Å². The largest absolute Gasteiger partial charge is 0.507 e. The van der Waals surface area contributed by atoms with Crippen molar-refractivity contribution in [3.63, 3.8) is 0 Å². The number of anilines is 1. The average Bonchev–Trinajstić information content (AvgIpc) is 3.16. The van der Waals surface area contributed by atoms with Crippen LogP contribution in [0.15, 0.2) is 54.9 Å². The zero-order valence-electron chi connectivity index (χ0n) is 15.6. The summed E-state index contributed by atoms with van der Waals surface area (Å²) in [6, 6.07) is 11.7. The number of nitrogens with one attached hydrogen (secondary N) is 2. The summed E-state index contributed by atoms with van der Waals surface area (Å²) < 4.78 is 36.8. The maximum Gasteiger partial charge on any atom is 0.259 e. The van der Waals surface area contributed by atoms with E-state index < -0.39 is 34.2 Å². The van der Waals surface area contributed by atoms with Gasteiger partial charge in [-0.1, -0.05) is 30.3 Å². The van der Waals surface area contributed by atoms with E-state index in [1.807, 2.05) is 42.0 Å². The number of carbonyl (C=O) groups is 1. The quantitative estimate of drug-likeness (QED) is 0.218. The van der Waals surface area contributed by atoms with E-state index in [1.165, 1.54) is 6.20 Å². The van der Waals surface area contributed by atoms with Crippen LogP contribution in [0.3, 0.4) is 0 Å². The van der Waals surface area contributed by atoms with Gasteiger partial charge >= 0.3 is 0 Å². The van der Waals surface area contributed by atoms with Crippen LogP contribution < -0.4 is 4.72 Å². The Balaban J connectivity index is 1.89. The minimum absolute atomic E-state index is 0.129. The fourth-order valence-corrected chi connectivity index (χ4v) is 3.78. The van der Waals surface area contributed by atoms with E-state index in [1.54, 1.807) is 6.20 Å². The molecule has 2 aromatic heterocycles. The average molecular weight is 425 g/mol. The number of aromatic hydroxyl groups is 1. The highest BCUT2D eigenvalue weighted by Crippen LogP contribution is 2.34. The van der Waals surface area contributed by atoms with E-state index in [9.17, 15) is 18.5 Å². The molecule has 0 spiro atoms. The lowest BCUT2D eigenvalue weighted by molar-refractivity contribution is 0.103. The van der Waals surface area contributed by atoms with Crippen molar-refractivity contribution in [1.29, 1.82) is 0 Å². The van der Waals surface area contributed by atoms with E-state index in [-0.39, 0.29) is 11.3 Å². The van der Waals surface area contributed by atoms with Gasteiger partial charge in [0.15, 0.2) is 5.82 Å². The molecule has 0 saturated heterocycles. The molecule has 4 N–H and O–H groups in total. The first-order valence-corrected chi connectivity index (χ1v) is 9.95. The molecule has 2 aromatic carbocycles. The molecule has 0 saturated carbocycles. The Labute approximate surface area is 173 Å². The standard InChI is InChI=1S/C21H16FN3O4S/c1-11-13(12-5-3-2-4-6-12)9-23-21-17(11)14(10-24-21)20(27)18-16(26)8-7-15(19(18)22)25-30(28)29/h2-10,25-26H,1H3,(H,23,24)(H,28,29). The number of halogens is 1. The van der Waals surface area contributed by atoms with Gasteiger partial charge in [0, 0.05) is 23.3 Å². The lowest BCUT2D eigenvalue weighted by Gasteiger charge is -2.11. The van der Waals surface area contributed by atoms with Crippen molar-refractivity contribution in [2.24, 2.45) is 0 Å². The first-order valence-electron chi connectivity index (χ1n) is 8.84. The second-order valence-corrected chi connectivity index (χ2v) is 7.29. The number of carbonyl (C=O) groups excluding carboxylic acids is 1. The van der Waals surface area contributed by atoms with E-state index in [2.05, 4.69) is 9.97 Å². The zero-order chi connectivity index (χ0) is 21.4. The van der Waals surface area contributed by atoms with Gasteiger partial charge < -0.3 is 10.1 Å². The van der Waals surface area contributed by atoms with Gasteiger partial charge in [-0.3, -0.25) is 14.1 Å². The SMILES string of the molecule is Cc1c(-c2ccccc2)cnc2[nH]cc(C(=O)c3c(O)ccc(NS(=O)O)c3F)c12. The number of rotatable bonds is 5. The molecule has 30 heavy (non-hydrogen) atoms. The number of aryl methyl sites for hydroxylation is 1. The number of ketones is 1. The van der Waals surface area contributed by atoms with Gasteiger partial charge in [-0.25, -0.2) is 13.6 Å². The summed E-state index contributed by atoms with van der Waals surface area (Å²) in [4.78, 5) is 20.5. The van der Waals surface area contributed by atoms with Crippen LogP contribution in [0, 0.1) is 12.7 Å². The smallest absolute Gasteiger partial charge is 0.259 e. The fraction of sp³-hybridized carbons (Fsp3) is 0.0476. The topological polar surface area (TPSA) is 115 Å². The highest BCUT2D eigenvalue weighted by Gasteiger charge is 2.25. The summed E-state index contributed by atoms with van der Waals surface area (Å²) in [7, 11) is 0. The molecule has 1 unspecified atom stereocenters. The molecule has 4 aromatic rings. The molecule has 0 amide bonds. The van der Waals surface area contributed by atoms with Crippen LogP contribution >= 0.6 is 0 Å². The molecule has 0 aliphatic rings. The zero-order valence-corrected chi connectivity index (χ0v) is 16.5. The van der Waals surface area contributed by atoms with Crippen molar-refractivity contribution < 1.29 is 23.1 Å². The van der Waals surface area contributed by atoms with Gasteiger partial charge in [0.2, 0.25) is 5.78 Å². The van der Waals surface area contributed by atoms with Crippen molar-refractivity contribution in [1.82, 2.24) is 9.97 Å². The predicted octanol–water partition coefficient (Wildman–Crippen LogP) is 4.16.